The number of hydrogen-bond donors (Lipinski definition) is 2. The second-order valence-electron chi connectivity index (χ2n) is 10.9. The van der Waals surface area contributed by atoms with E-state index in [-0.39, 0.29) is 23.4 Å². The maximum Gasteiger partial charge on any atom is 0.417 e. The smallest absolute Gasteiger partial charge is 0.368 e. The molecule has 3 rings (SSSR count). The van der Waals surface area contributed by atoms with Gasteiger partial charge in [0.15, 0.2) is 0 Å². The molecule has 1 aliphatic rings. The van der Waals surface area contributed by atoms with Gasteiger partial charge >= 0.3 is 18.5 Å². The number of halogens is 9. The zero-order valence-corrected chi connectivity index (χ0v) is 24.5. The van der Waals surface area contributed by atoms with E-state index >= 15 is 0 Å². The summed E-state index contributed by atoms with van der Waals surface area (Å²) in [5, 5.41) is 4.58. The van der Waals surface area contributed by atoms with Gasteiger partial charge in [-0.25, -0.2) is 11.0 Å². The number of pyridine rings is 1. The average molecular weight is 642 g/mol. The van der Waals surface area contributed by atoms with Gasteiger partial charge in [-0.05, 0) is 61.7 Å². The van der Waals surface area contributed by atoms with Crippen LogP contribution in [0.25, 0.3) is 0 Å². The second kappa shape index (κ2) is 13.8. The monoisotopic (exact) mass is 641 g/mol. The van der Waals surface area contributed by atoms with Crippen molar-refractivity contribution in [2.24, 2.45) is 16.7 Å². The molecule has 16 heteroatoms. The summed E-state index contributed by atoms with van der Waals surface area (Å²) in [6.07, 6.45) is -8.91. The molecule has 4 N–H and O–H groups in total. The highest BCUT2D eigenvalue weighted by Crippen LogP contribution is 2.38. The van der Waals surface area contributed by atoms with Crippen molar-refractivity contribution in [1.29, 1.82) is 0 Å². The van der Waals surface area contributed by atoms with Gasteiger partial charge in [0.1, 0.15) is 0 Å². The predicted molar refractivity (Wildman–Crippen MR) is 146 cm³/mol. The van der Waals surface area contributed by atoms with Crippen molar-refractivity contribution in [3.63, 3.8) is 0 Å². The fourth-order valence-electron chi connectivity index (χ4n) is 5.50. The summed E-state index contributed by atoms with van der Waals surface area (Å²) in [6.45, 7) is 0.717. The molecule has 0 aliphatic heterocycles. The van der Waals surface area contributed by atoms with Gasteiger partial charge in [0, 0.05) is 32.4 Å². The topological polar surface area (TPSA) is 87.0 Å². The normalized spacial score (nSPS) is 16.4. The lowest BCUT2D eigenvalue weighted by Crippen LogP contribution is -2.40. The molecule has 0 amide bonds. The molecule has 1 unspecified atom stereocenters. The van der Waals surface area contributed by atoms with E-state index in [1.807, 2.05) is 14.0 Å². The van der Waals surface area contributed by atoms with Crippen LogP contribution in [0.1, 0.15) is 85.0 Å². The van der Waals surface area contributed by atoms with Gasteiger partial charge in [-0.2, -0.15) is 39.5 Å². The van der Waals surface area contributed by atoms with E-state index in [9.17, 15) is 39.5 Å². The number of hydrazone groups is 1. The van der Waals surface area contributed by atoms with Gasteiger partial charge in [0.05, 0.1) is 28.4 Å². The van der Waals surface area contributed by atoms with Crippen molar-refractivity contribution in [3.8, 4) is 0 Å². The number of rotatable bonds is 9. The zero-order chi connectivity index (χ0) is 33.0. The van der Waals surface area contributed by atoms with Crippen LogP contribution in [0.2, 0.25) is 0 Å². The summed E-state index contributed by atoms with van der Waals surface area (Å²) in [5.74, 6) is 5.11. The molecule has 1 atom stereocenters. The lowest BCUT2D eigenvalue weighted by atomic mass is 9.91. The van der Waals surface area contributed by atoms with Crippen molar-refractivity contribution in [3.05, 3.63) is 64.0 Å². The number of benzene rings is 1. The van der Waals surface area contributed by atoms with Crippen molar-refractivity contribution in [2.75, 3.05) is 14.1 Å². The maximum atomic E-state index is 13.8. The van der Waals surface area contributed by atoms with Crippen molar-refractivity contribution in [2.45, 2.75) is 89.2 Å². The van der Waals surface area contributed by atoms with E-state index in [4.69, 9.17) is 11.6 Å². The lowest BCUT2D eigenvalue weighted by molar-refractivity contribution is -0.143. The zero-order valence-electron chi connectivity index (χ0n) is 24.5. The molecule has 7 nitrogen and oxygen atoms in total. The van der Waals surface area contributed by atoms with Gasteiger partial charge in [0.25, 0.3) is 0 Å². The number of hydrazine groups is 1. The third-order valence-corrected chi connectivity index (χ3v) is 7.64. The van der Waals surface area contributed by atoms with Gasteiger partial charge in [-0.15, -0.1) is 5.10 Å². The van der Waals surface area contributed by atoms with Crippen LogP contribution in [0, 0.1) is 0 Å². The molecule has 0 spiro atoms. The quantitative estimate of drug-likeness (QED) is 0.102. The third kappa shape index (κ3) is 9.13. The SMILES string of the molecule is CCC(c1ncc(C(F)(F)F)cc1CN(Cc1cc(C(F)(F)F)cc(C(F)(F)F)c1)/C(N)=N/N(C)N)N(C)C1CCCCC1. The van der Waals surface area contributed by atoms with Crippen LogP contribution in [0.5, 0.6) is 0 Å². The number of guanidine groups is 1. The largest absolute Gasteiger partial charge is 0.417 e. The van der Waals surface area contributed by atoms with E-state index in [1.165, 1.54) is 7.05 Å². The lowest BCUT2D eigenvalue weighted by Gasteiger charge is -2.37. The molecule has 0 bridgehead atoms. The van der Waals surface area contributed by atoms with Gasteiger partial charge < -0.3 is 10.6 Å². The van der Waals surface area contributed by atoms with Gasteiger partial charge in [-0.1, -0.05) is 26.2 Å². The van der Waals surface area contributed by atoms with E-state index < -0.39 is 65.9 Å². The highest BCUT2D eigenvalue weighted by atomic mass is 19.4. The highest BCUT2D eigenvalue weighted by Gasteiger charge is 2.38. The molecule has 1 fully saturated rings. The van der Waals surface area contributed by atoms with Crippen molar-refractivity contribution in [1.82, 2.24) is 19.9 Å². The summed E-state index contributed by atoms with van der Waals surface area (Å²) in [7, 11) is 3.13. The second-order valence-corrected chi connectivity index (χ2v) is 10.9. The number of aromatic nitrogens is 1. The van der Waals surface area contributed by atoms with E-state index in [2.05, 4.69) is 15.0 Å². The molecule has 2 aromatic rings. The molecule has 1 aromatic heterocycles. The molecule has 0 saturated heterocycles. The maximum absolute atomic E-state index is 13.8. The standard InChI is InChI=1S/C28H36F9N7/c1-4-23(42(2)22-8-6-5-7-9-22)24-18(12-21(14-40-24)28(35,36)37)16-44(25(38)41-43(3)39)15-17-10-19(26(29,30)31)13-20(11-17)27(32,33)34/h10-14,22-23H,4-9,15-16,39H2,1-3H3,(H2,38,41). The van der Waals surface area contributed by atoms with Crippen LogP contribution in [0.3, 0.4) is 0 Å². The molecule has 1 heterocycles. The molecule has 1 aromatic carbocycles. The first kappa shape index (κ1) is 35.2. The third-order valence-electron chi connectivity index (χ3n) is 7.64. The predicted octanol–water partition coefficient (Wildman–Crippen LogP) is 6.89. The molecule has 246 valence electrons. The van der Waals surface area contributed by atoms with Gasteiger partial charge in [0.2, 0.25) is 5.96 Å². The first-order valence-electron chi connectivity index (χ1n) is 13.9. The first-order valence-corrected chi connectivity index (χ1v) is 13.9. The molecule has 0 radical (unpaired) electrons. The fraction of sp³-hybridized carbons (Fsp3) is 0.571. The Kier molecular flexibility index (Phi) is 11.0. The Morgan fingerprint density at radius 1 is 0.864 bits per heavy atom. The molecular weight excluding hydrogens is 605 g/mol. The Morgan fingerprint density at radius 2 is 1.41 bits per heavy atom. The summed E-state index contributed by atoms with van der Waals surface area (Å²) in [4.78, 5) is 7.33. The minimum absolute atomic E-state index is 0.0132. The van der Waals surface area contributed by atoms with E-state index in [0.717, 1.165) is 48.2 Å². The Morgan fingerprint density at radius 3 is 1.89 bits per heavy atom. The minimum Gasteiger partial charge on any atom is -0.368 e. The van der Waals surface area contributed by atoms with Gasteiger partial charge in [-0.3, -0.25) is 9.88 Å². The van der Waals surface area contributed by atoms with Crippen LogP contribution in [0.4, 0.5) is 39.5 Å². The van der Waals surface area contributed by atoms with Crippen LogP contribution in [-0.2, 0) is 31.6 Å². The molecule has 1 saturated carbocycles. The fourth-order valence-corrected chi connectivity index (χ4v) is 5.50. The van der Waals surface area contributed by atoms with E-state index in [0.29, 0.717) is 24.8 Å². The molecular formula is C28H36F9N7. The van der Waals surface area contributed by atoms with E-state index in [1.54, 1.807) is 0 Å². The van der Waals surface area contributed by atoms with Crippen LogP contribution in [-0.4, -0.2) is 46.0 Å². The average Bonchev–Trinajstić information content (AvgIpc) is 2.92. The van der Waals surface area contributed by atoms with Crippen LogP contribution >= 0.6 is 0 Å². The highest BCUT2D eigenvalue weighted by molar-refractivity contribution is 5.77. The minimum atomic E-state index is -5.10. The number of nitrogens with two attached hydrogens (primary N) is 2. The van der Waals surface area contributed by atoms with Crippen LogP contribution in [0.15, 0.2) is 35.6 Å². The Balaban J connectivity index is 2.14. The number of nitrogens with zero attached hydrogens (tertiary/aromatic N) is 5. The summed E-state index contributed by atoms with van der Waals surface area (Å²) in [5.41, 5.74) is 1.79. The summed E-state index contributed by atoms with van der Waals surface area (Å²) >= 11 is 0. The summed E-state index contributed by atoms with van der Waals surface area (Å²) < 4.78 is 123. The Bertz CT molecular complexity index is 1250. The number of hydrogen-bond acceptors (Lipinski definition) is 5. The molecule has 44 heavy (non-hydrogen) atoms. The van der Waals surface area contributed by atoms with Crippen LogP contribution < -0.4 is 11.6 Å². The number of alkyl halides is 9. The summed E-state index contributed by atoms with van der Waals surface area (Å²) in [6, 6.07) is 1.64. The molecule has 1 aliphatic carbocycles. The Labute approximate surface area is 249 Å². The Hall–Kier alpha value is -3.27. The van der Waals surface area contributed by atoms with Crippen molar-refractivity contribution >= 4 is 5.96 Å². The first-order chi connectivity index (χ1) is 20.3. The van der Waals surface area contributed by atoms with Crippen molar-refractivity contribution < 1.29 is 39.5 Å².